The maximum absolute atomic E-state index is 13.6. The Hall–Kier alpha value is -3.01. The smallest absolute Gasteiger partial charge is 0.257 e. The van der Waals surface area contributed by atoms with Gasteiger partial charge >= 0.3 is 0 Å². The molecule has 1 atom stereocenters. The highest BCUT2D eigenvalue weighted by molar-refractivity contribution is 9.10. The van der Waals surface area contributed by atoms with Crippen molar-refractivity contribution in [2.24, 2.45) is 11.3 Å². The number of nitrogens with zero attached hydrogens (tertiary/aromatic N) is 2. The van der Waals surface area contributed by atoms with E-state index in [1.165, 1.54) is 4.88 Å². The number of hydrogen-bond donors (Lipinski definition) is 1. The first kappa shape index (κ1) is 23.7. The number of aromatic nitrogens is 1. The molecule has 1 aliphatic rings. The van der Waals surface area contributed by atoms with Crippen LogP contribution in [0.25, 0.3) is 22.2 Å². The quantitative estimate of drug-likeness (QED) is 0.284. The number of nitrogens with one attached hydrogen (secondary N) is 1. The van der Waals surface area contributed by atoms with E-state index in [9.17, 15) is 10.1 Å². The first-order valence-corrected chi connectivity index (χ1v) is 13.4. The topological polar surface area (TPSA) is 65.8 Å². The van der Waals surface area contributed by atoms with Crippen molar-refractivity contribution in [2.45, 2.75) is 40.0 Å². The summed E-state index contributed by atoms with van der Waals surface area (Å²) >= 11 is 5.04. The fourth-order valence-corrected chi connectivity index (χ4v) is 6.37. The molecule has 2 heterocycles. The van der Waals surface area contributed by atoms with E-state index < -0.39 is 0 Å². The fourth-order valence-electron chi connectivity index (χ4n) is 4.83. The maximum atomic E-state index is 13.6. The summed E-state index contributed by atoms with van der Waals surface area (Å²) in [6.45, 7) is 6.84. The van der Waals surface area contributed by atoms with Gasteiger partial charge in [0.15, 0.2) is 0 Å². The van der Waals surface area contributed by atoms with Gasteiger partial charge < -0.3 is 5.32 Å². The Balaban J connectivity index is 1.53. The van der Waals surface area contributed by atoms with Gasteiger partial charge in [-0.15, -0.1) is 11.3 Å². The number of hydrogen-bond acceptors (Lipinski definition) is 4. The molecule has 176 valence electrons. The molecular formula is C29H26BrN3OS. The number of pyridine rings is 1. The van der Waals surface area contributed by atoms with Crippen molar-refractivity contribution in [2.75, 3.05) is 5.32 Å². The van der Waals surface area contributed by atoms with Gasteiger partial charge in [0.05, 0.1) is 22.3 Å². The summed E-state index contributed by atoms with van der Waals surface area (Å²) in [4.78, 5) is 19.7. The molecule has 0 bridgehead atoms. The second-order valence-electron chi connectivity index (χ2n) is 10.2. The summed E-state index contributed by atoms with van der Waals surface area (Å²) in [7, 11) is 0. The van der Waals surface area contributed by atoms with E-state index in [0.29, 0.717) is 22.0 Å². The van der Waals surface area contributed by atoms with Crippen LogP contribution in [0.2, 0.25) is 0 Å². The zero-order valence-electron chi connectivity index (χ0n) is 20.0. The van der Waals surface area contributed by atoms with Crippen LogP contribution in [-0.2, 0) is 12.8 Å². The molecule has 5 rings (SSSR count). The van der Waals surface area contributed by atoms with Crippen molar-refractivity contribution >= 4 is 49.1 Å². The van der Waals surface area contributed by atoms with Crippen molar-refractivity contribution in [3.63, 3.8) is 0 Å². The monoisotopic (exact) mass is 543 g/mol. The van der Waals surface area contributed by atoms with Crippen LogP contribution in [0.4, 0.5) is 5.00 Å². The number of nitriles is 1. The molecule has 0 saturated carbocycles. The number of anilines is 1. The third-order valence-corrected chi connectivity index (χ3v) is 8.63. The highest BCUT2D eigenvalue weighted by Crippen LogP contribution is 2.44. The summed E-state index contributed by atoms with van der Waals surface area (Å²) in [5.74, 6) is 0.353. The Morgan fingerprint density at radius 1 is 1.17 bits per heavy atom. The van der Waals surface area contributed by atoms with Crippen molar-refractivity contribution in [1.29, 1.82) is 5.26 Å². The molecule has 1 amide bonds. The number of fused-ring (bicyclic) bond motifs is 2. The van der Waals surface area contributed by atoms with Crippen molar-refractivity contribution in [3.05, 3.63) is 80.6 Å². The largest absolute Gasteiger partial charge is 0.312 e. The molecule has 4 aromatic rings. The van der Waals surface area contributed by atoms with Gasteiger partial charge in [0.2, 0.25) is 0 Å². The van der Waals surface area contributed by atoms with Gasteiger partial charge in [0.25, 0.3) is 5.91 Å². The first-order chi connectivity index (χ1) is 16.7. The molecule has 2 aromatic heterocycles. The predicted octanol–water partition coefficient (Wildman–Crippen LogP) is 8.00. The highest BCUT2D eigenvalue weighted by Gasteiger charge is 2.32. The molecule has 0 radical (unpaired) electrons. The molecule has 0 spiro atoms. The molecular weight excluding hydrogens is 518 g/mol. The predicted molar refractivity (Wildman–Crippen MR) is 147 cm³/mol. The van der Waals surface area contributed by atoms with E-state index in [1.54, 1.807) is 11.3 Å². The molecule has 0 saturated heterocycles. The lowest BCUT2D eigenvalue weighted by molar-refractivity contribution is 0.102. The van der Waals surface area contributed by atoms with Gasteiger partial charge in [-0.25, -0.2) is 4.98 Å². The Bertz CT molecular complexity index is 1480. The molecule has 0 fully saturated rings. The normalized spacial score (nSPS) is 15.5. The second-order valence-corrected chi connectivity index (χ2v) is 12.2. The number of halogens is 1. The van der Waals surface area contributed by atoms with Crippen LogP contribution in [-0.4, -0.2) is 10.9 Å². The summed E-state index contributed by atoms with van der Waals surface area (Å²) in [6, 6.07) is 19.8. The van der Waals surface area contributed by atoms with Crippen LogP contribution < -0.4 is 5.32 Å². The lowest BCUT2D eigenvalue weighted by Crippen LogP contribution is -2.26. The van der Waals surface area contributed by atoms with E-state index in [2.05, 4.69) is 48.1 Å². The number of rotatable bonds is 3. The van der Waals surface area contributed by atoms with E-state index in [1.807, 2.05) is 54.6 Å². The lowest BCUT2D eigenvalue weighted by atomic mass is 9.72. The SMILES string of the molecule is CC(C)(C)C1CCc2c(sc(NC(=O)c3cc(-c4ccc(Br)cc4)nc4ccccc34)c2C#N)C1. The Labute approximate surface area is 218 Å². The molecule has 6 heteroatoms. The van der Waals surface area contributed by atoms with E-state index in [0.717, 1.165) is 51.5 Å². The van der Waals surface area contributed by atoms with Crippen LogP contribution in [0.1, 0.15) is 53.6 Å². The Kier molecular flexibility index (Phi) is 6.25. The minimum absolute atomic E-state index is 0.218. The number of carbonyl (C=O) groups is 1. The molecule has 2 aromatic carbocycles. The van der Waals surface area contributed by atoms with Crippen LogP contribution >= 0.6 is 27.3 Å². The van der Waals surface area contributed by atoms with Gasteiger partial charge in [-0.05, 0) is 60.4 Å². The maximum Gasteiger partial charge on any atom is 0.257 e. The number of carbonyl (C=O) groups excluding carboxylic acids is 1. The highest BCUT2D eigenvalue weighted by atomic mass is 79.9. The number of amides is 1. The number of thiophene rings is 1. The average Bonchev–Trinajstić information content (AvgIpc) is 3.19. The zero-order valence-corrected chi connectivity index (χ0v) is 22.4. The second kappa shape index (κ2) is 9.22. The van der Waals surface area contributed by atoms with Gasteiger partial charge in [-0.1, -0.05) is 67.0 Å². The van der Waals surface area contributed by atoms with Crippen molar-refractivity contribution < 1.29 is 4.79 Å². The summed E-state index contributed by atoms with van der Waals surface area (Å²) in [6.07, 6.45) is 2.92. The fraction of sp³-hybridized carbons (Fsp3) is 0.276. The van der Waals surface area contributed by atoms with E-state index >= 15 is 0 Å². The third-order valence-electron chi connectivity index (χ3n) is 6.93. The molecule has 0 aliphatic heterocycles. The molecule has 35 heavy (non-hydrogen) atoms. The van der Waals surface area contributed by atoms with Crippen molar-refractivity contribution in [1.82, 2.24) is 4.98 Å². The summed E-state index contributed by atoms with van der Waals surface area (Å²) < 4.78 is 0.986. The number of benzene rings is 2. The van der Waals surface area contributed by atoms with Gasteiger partial charge in [0.1, 0.15) is 11.1 Å². The van der Waals surface area contributed by atoms with E-state index in [4.69, 9.17) is 4.98 Å². The van der Waals surface area contributed by atoms with Gasteiger partial charge in [0, 0.05) is 20.3 Å². The molecule has 1 unspecified atom stereocenters. The molecule has 1 N–H and O–H groups in total. The molecule has 4 nitrogen and oxygen atoms in total. The average molecular weight is 545 g/mol. The van der Waals surface area contributed by atoms with Crippen LogP contribution in [0, 0.1) is 22.7 Å². The standard InChI is InChI=1S/C29H26BrN3OS/c1-29(2,3)18-10-13-21-23(16-31)28(35-26(21)14-18)33-27(34)22-15-25(17-8-11-19(30)12-9-17)32-24-7-5-4-6-20(22)24/h4-9,11-12,15,18H,10,13-14H2,1-3H3,(H,33,34). The first-order valence-electron chi connectivity index (χ1n) is 11.8. The van der Waals surface area contributed by atoms with Crippen LogP contribution in [0.3, 0.4) is 0 Å². The summed E-state index contributed by atoms with van der Waals surface area (Å²) in [5, 5.41) is 14.5. The summed E-state index contributed by atoms with van der Waals surface area (Å²) in [5.41, 5.74) is 4.94. The van der Waals surface area contributed by atoms with Crippen LogP contribution in [0.5, 0.6) is 0 Å². The minimum Gasteiger partial charge on any atom is -0.312 e. The van der Waals surface area contributed by atoms with Gasteiger partial charge in [-0.3, -0.25) is 4.79 Å². The Morgan fingerprint density at radius 3 is 2.63 bits per heavy atom. The third kappa shape index (κ3) is 4.63. The van der Waals surface area contributed by atoms with E-state index in [-0.39, 0.29) is 11.3 Å². The van der Waals surface area contributed by atoms with Gasteiger partial charge in [-0.2, -0.15) is 5.26 Å². The van der Waals surface area contributed by atoms with Crippen LogP contribution in [0.15, 0.2) is 59.1 Å². The minimum atomic E-state index is -0.218. The zero-order chi connectivity index (χ0) is 24.7. The van der Waals surface area contributed by atoms with Crippen molar-refractivity contribution in [3.8, 4) is 17.3 Å². The lowest BCUT2D eigenvalue weighted by Gasteiger charge is -2.33. The number of para-hydroxylation sites is 1. The Morgan fingerprint density at radius 2 is 1.91 bits per heavy atom. The molecule has 1 aliphatic carbocycles.